The van der Waals surface area contributed by atoms with Crippen molar-refractivity contribution in [1.82, 2.24) is 19.6 Å². The zero-order chi connectivity index (χ0) is 24.5. The summed E-state index contributed by atoms with van der Waals surface area (Å²) >= 11 is 0. The number of nitrogens with zero attached hydrogens (tertiary/aromatic N) is 4. The summed E-state index contributed by atoms with van der Waals surface area (Å²) in [6.07, 6.45) is 3.11. The lowest BCUT2D eigenvalue weighted by atomic mass is 10.1. The van der Waals surface area contributed by atoms with Crippen molar-refractivity contribution in [3.63, 3.8) is 0 Å². The van der Waals surface area contributed by atoms with Gasteiger partial charge in [0.05, 0.1) is 11.0 Å². The molecule has 0 atom stereocenters. The third-order valence-corrected chi connectivity index (χ3v) is 6.28. The van der Waals surface area contributed by atoms with Gasteiger partial charge in [0.1, 0.15) is 23.7 Å². The number of amides is 2. The maximum Gasteiger partial charge on any atom is 0.254 e. The first-order valence-corrected chi connectivity index (χ1v) is 11.8. The van der Waals surface area contributed by atoms with Gasteiger partial charge in [-0.3, -0.25) is 14.4 Å². The van der Waals surface area contributed by atoms with Crippen LogP contribution in [0.15, 0.2) is 42.5 Å². The van der Waals surface area contributed by atoms with Crippen molar-refractivity contribution in [2.24, 2.45) is 0 Å². The van der Waals surface area contributed by atoms with Crippen LogP contribution in [0.3, 0.4) is 0 Å². The van der Waals surface area contributed by atoms with E-state index in [-0.39, 0.29) is 37.0 Å². The topological polar surface area (TPSA) is 124 Å². The number of hydrogen-bond acceptors (Lipinski definition) is 7. The average molecular weight is 474 g/mol. The summed E-state index contributed by atoms with van der Waals surface area (Å²) in [5.41, 5.74) is 10.1. The predicted molar refractivity (Wildman–Crippen MR) is 131 cm³/mol. The van der Waals surface area contributed by atoms with Crippen molar-refractivity contribution in [3.05, 3.63) is 59.4 Å². The molecule has 9 nitrogen and oxygen atoms in total. The molecule has 0 radical (unpaired) electrons. The van der Waals surface area contributed by atoms with Crippen LogP contribution in [0.4, 0.5) is 5.82 Å². The number of imidazole rings is 1. The Morgan fingerprint density at radius 1 is 1.09 bits per heavy atom. The quantitative estimate of drug-likeness (QED) is 0.373. The molecular formula is C26H27N5O4. The van der Waals surface area contributed by atoms with E-state index in [4.69, 9.17) is 15.6 Å². The minimum absolute atomic E-state index is 0.0356. The second-order valence-electron chi connectivity index (χ2n) is 8.75. The summed E-state index contributed by atoms with van der Waals surface area (Å²) in [7, 11) is 0. The number of phenolic OH excluding ortho intramolecular Hbond substituents is 1. The Labute approximate surface area is 202 Å². The van der Waals surface area contributed by atoms with Crippen molar-refractivity contribution >= 4 is 39.6 Å². The van der Waals surface area contributed by atoms with Crippen molar-refractivity contribution in [2.45, 2.75) is 52.2 Å². The van der Waals surface area contributed by atoms with E-state index in [1.807, 2.05) is 36.4 Å². The van der Waals surface area contributed by atoms with Crippen LogP contribution < -0.4 is 5.73 Å². The Morgan fingerprint density at radius 2 is 1.86 bits per heavy atom. The number of aromatic hydroxyl groups is 1. The summed E-state index contributed by atoms with van der Waals surface area (Å²) in [5, 5.41) is 12.1. The minimum Gasteiger partial charge on any atom is -0.508 e. The van der Waals surface area contributed by atoms with Gasteiger partial charge in [0.15, 0.2) is 5.82 Å². The first kappa shape index (κ1) is 22.8. The van der Waals surface area contributed by atoms with Gasteiger partial charge in [-0.25, -0.2) is 9.97 Å². The number of para-hydroxylation sites is 1. The molecule has 9 heteroatoms. The van der Waals surface area contributed by atoms with E-state index in [9.17, 15) is 14.7 Å². The number of carbonyl (C=O) groups excluding carboxylic acids is 2. The number of hydrogen-bond donors (Lipinski definition) is 2. The zero-order valence-corrected chi connectivity index (χ0v) is 19.5. The zero-order valence-electron chi connectivity index (χ0n) is 19.5. The van der Waals surface area contributed by atoms with Gasteiger partial charge < -0.3 is 15.4 Å². The molecule has 0 aliphatic carbocycles. The summed E-state index contributed by atoms with van der Waals surface area (Å²) in [5.74, 6) is 0.623. The number of nitrogens with two attached hydrogens (primary N) is 1. The van der Waals surface area contributed by atoms with E-state index >= 15 is 0 Å². The van der Waals surface area contributed by atoms with E-state index < -0.39 is 0 Å². The number of hydroxylamine groups is 2. The molecular weight excluding hydrogens is 446 g/mol. The predicted octanol–water partition coefficient (Wildman–Crippen LogP) is 3.84. The van der Waals surface area contributed by atoms with Gasteiger partial charge in [-0.2, -0.15) is 5.06 Å². The van der Waals surface area contributed by atoms with E-state index in [0.29, 0.717) is 23.4 Å². The van der Waals surface area contributed by atoms with Crippen LogP contribution in [-0.2, 0) is 34.0 Å². The molecule has 1 saturated heterocycles. The number of rotatable bonds is 8. The first-order chi connectivity index (χ1) is 17.0. The van der Waals surface area contributed by atoms with E-state index in [0.717, 1.165) is 52.1 Å². The van der Waals surface area contributed by atoms with Crippen LogP contribution in [0.25, 0.3) is 21.9 Å². The van der Waals surface area contributed by atoms with E-state index in [1.54, 1.807) is 6.07 Å². The molecule has 2 amide bonds. The summed E-state index contributed by atoms with van der Waals surface area (Å²) in [6.45, 7) is 2.54. The second kappa shape index (κ2) is 9.34. The number of pyridine rings is 1. The standard InChI is InChI=1S/C26H27N5O4/c1-2-3-8-21-29-24-25(18-6-4-5-7-19(18)28-26(24)27)30(21)14-16-9-10-20(32)17(13-16)15-35-31-22(33)11-12-23(31)34/h4-7,9-10,13,32H,2-3,8,11-12,14-15H2,1H3,(H2,27,28). The third kappa shape index (κ3) is 4.30. The Bertz CT molecular complexity index is 1430. The van der Waals surface area contributed by atoms with Crippen molar-refractivity contribution in [3.8, 4) is 5.75 Å². The maximum absolute atomic E-state index is 11.8. The number of aryl methyl sites for hydroxylation is 1. The fourth-order valence-corrected chi connectivity index (χ4v) is 4.47. The molecule has 180 valence electrons. The first-order valence-electron chi connectivity index (χ1n) is 11.8. The number of nitrogen functional groups attached to an aromatic ring is 1. The molecule has 0 unspecified atom stereocenters. The highest BCUT2D eigenvalue weighted by atomic mass is 16.7. The van der Waals surface area contributed by atoms with Gasteiger partial charge >= 0.3 is 0 Å². The average Bonchev–Trinajstić information content (AvgIpc) is 3.38. The number of benzene rings is 2. The highest BCUT2D eigenvalue weighted by Gasteiger charge is 2.30. The lowest BCUT2D eigenvalue weighted by Crippen LogP contribution is -2.29. The Kier molecular flexibility index (Phi) is 6.08. The van der Waals surface area contributed by atoms with Gasteiger partial charge in [0.2, 0.25) is 0 Å². The van der Waals surface area contributed by atoms with Crippen LogP contribution in [0, 0.1) is 0 Å². The van der Waals surface area contributed by atoms with Crippen LogP contribution in [0.5, 0.6) is 5.75 Å². The highest BCUT2D eigenvalue weighted by Crippen LogP contribution is 2.31. The highest BCUT2D eigenvalue weighted by molar-refractivity contribution is 6.06. The number of aromatic nitrogens is 3. The van der Waals surface area contributed by atoms with Gasteiger partial charge in [0, 0.05) is 36.8 Å². The maximum atomic E-state index is 11.8. The molecule has 0 spiro atoms. The molecule has 1 aliphatic heterocycles. The van der Waals surface area contributed by atoms with Crippen LogP contribution in [0.2, 0.25) is 0 Å². The number of unbranched alkanes of at least 4 members (excludes halogenated alkanes) is 1. The third-order valence-electron chi connectivity index (χ3n) is 6.28. The van der Waals surface area contributed by atoms with Gasteiger partial charge in [-0.1, -0.05) is 37.6 Å². The summed E-state index contributed by atoms with van der Waals surface area (Å²) in [4.78, 5) is 38.5. The molecule has 3 N–H and O–H groups in total. The van der Waals surface area contributed by atoms with Crippen LogP contribution >= 0.6 is 0 Å². The van der Waals surface area contributed by atoms with Gasteiger partial charge in [0.25, 0.3) is 11.8 Å². The number of anilines is 1. The number of fused-ring (bicyclic) bond motifs is 3. The largest absolute Gasteiger partial charge is 0.508 e. The second-order valence-corrected chi connectivity index (χ2v) is 8.75. The lowest BCUT2D eigenvalue weighted by molar-refractivity contribution is -0.191. The number of carbonyl (C=O) groups is 2. The smallest absolute Gasteiger partial charge is 0.254 e. The molecule has 2 aromatic heterocycles. The fraction of sp³-hybridized carbons (Fsp3) is 0.308. The molecule has 3 heterocycles. The monoisotopic (exact) mass is 473 g/mol. The summed E-state index contributed by atoms with van der Waals surface area (Å²) < 4.78 is 2.16. The van der Waals surface area contributed by atoms with Crippen molar-refractivity contribution in [2.75, 3.05) is 5.73 Å². The molecule has 1 fully saturated rings. The molecule has 1 aliphatic rings. The Balaban J connectivity index is 1.52. The minimum atomic E-state index is -0.367. The summed E-state index contributed by atoms with van der Waals surface area (Å²) in [6, 6.07) is 13.1. The number of phenols is 1. The van der Waals surface area contributed by atoms with Crippen molar-refractivity contribution in [1.29, 1.82) is 0 Å². The molecule has 0 saturated carbocycles. The normalized spacial score (nSPS) is 14.0. The molecule has 4 aromatic rings. The van der Waals surface area contributed by atoms with E-state index in [2.05, 4.69) is 16.5 Å². The lowest BCUT2D eigenvalue weighted by Gasteiger charge is -2.15. The fourth-order valence-electron chi connectivity index (χ4n) is 4.47. The molecule has 35 heavy (non-hydrogen) atoms. The Hall–Kier alpha value is -3.98. The molecule has 0 bridgehead atoms. The van der Waals surface area contributed by atoms with Crippen molar-refractivity contribution < 1.29 is 19.5 Å². The van der Waals surface area contributed by atoms with Crippen LogP contribution in [-0.4, -0.2) is 36.5 Å². The molecule has 2 aromatic carbocycles. The Morgan fingerprint density at radius 3 is 2.63 bits per heavy atom. The van der Waals surface area contributed by atoms with Gasteiger partial charge in [-0.15, -0.1) is 0 Å². The molecule has 5 rings (SSSR count). The van der Waals surface area contributed by atoms with E-state index in [1.165, 1.54) is 0 Å². The van der Waals surface area contributed by atoms with Crippen LogP contribution in [0.1, 0.15) is 49.6 Å². The SMILES string of the molecule is CCCCc1nc2c(N)nc3ccccc3c2n1Cc1ccc(O)c(CON2C(=O)CCC2=O)c1. The van der Waals surface area contributed by atoms with Gasteiger partial charge in [-0.05, 0) is 30.2 Å². The number of imide groups is 1.